The Balaban J connectivity index is 2.17. The smallest absolute Gasteiger partial charge is 0.223 e. The molecule has 3 heteroatoms. The number of rotatable bonds is 5. The van der Waals surface area contributed by atoms with Gasteiger partial charge in [0.2, 0.25) is 5.91 Å². The number of carbonyl (C=O) groups is 1. The van der Waals surface area contributed by atoms with Crippen LogP contribution in [0.15, 0.2) is 0 Å². The van der Waals surface area contributed by atoms with E-state index in [0.717, 1.165) is 32.5 Å². The first-order valence-electron chi connectivity index (χ1n) is 5.52. The van der Waals surface area contributed by atoms with Crippen LogP contribution in [0.5, 0.6) is 0 Å². The minimum atomic E-state index is 0.145. The fraction of sp³-hybridized carbons (Fsp3) is 0.750. The van der Waals surface area contributed by atoms with Crippen LogP contribution in [-0.4, -0.2) is 49.4 Å². The summed E-state index contributed by atoms with van der Waals surface area (Å²) in [5.41, 5.74) is 0. The van der Waals surface area contributed by atoms with Gasteiger partial charge in [-0.2, -0.15) is 0 Å². The second-order valence-electron chi connectivity index (χ2n) is 4.42. The van der Waals surface area contributed by atoms with E-state index in [1.807, 2.05) is 4.90 Å². The molecule has 1 saturated heterocycles. The van der Waals surface area contributed by atoms with Crippen LogP contribution in [0.2, 0.25) is 0 Å². The largest absolute Gasteiger partial charge is 0.341 e. The van der Waals surface area contributed by atoms with Crippen molar-refractivity contribution < 1.29 is 4.79 Å². The van der Waals surface area contributed by atoms with Crippen LogP contribution in [0.3, 0.4) is 0 Å². The first-order valence-corrected chi connectivity index (χ1v) is 5.52. The third kappa shape index (κ3) is 3.93. The van der Waals surface area contributed by atoms with E-state index < -0.39 is 0 Å². The number of terminal acetylenes is 1. The monoisotopic (exact) mass is 208 g/mol. The van der Waals surface area contributed by atoms with Crippen LogP contribution in [0.25, 0.3) is 0 Å². The van der Waals surface area contributed by atoms with Crippen molar-refractivity contribution in [2.75, 3.05) is 33.7 Å². The molecule has 15 heavy (non-hydrogen) atoms. The SMILES string of the molecule is C#CC1CC(=O)N(CCCCN(C)C)C1. The van der Waals surface area contributed by atoms with Gasteiger partial charge in [-0.25, -0.2) is 0 Å². The third-order valence-electron chi connectivity index (χ3n) is 2.73. The Hall–Kier alpha value is -1.01. The lowest BCUT2D eigenvalue weighted by Crippen LogP contribution is -2.27. The predicted molar refractivity (Wildman–Crippen MR) is 61.3 cm³/mol. The molecule has 0 spiro atoms. The highest BCUT2D eigenvalue weighted by molar-refractivity contribution is 5.79. The van der Waals surface area contributed by atoms with E-state index in [9.17, 15) is 4.79 Å². The maximum absolute atomic E-state index is 11.5. The molecule has 0 aromatic rings. The van der Waals surface area contributed by atoms with Gasteiger partial charge in [-0.3, -0.25) is 4.79 Å². The summed E-state index contributed by atoms with van der Waals surface area (Å²) in [6.45, 7) is 2.71. The van der Waals surface area contributed by atoms with Gasteiger partial charge in [0.25, 0.3) is 0 Å². The highest BCUT2D eigenvalue weighted by Crippen LogP contribution is 2.16. The Morgan fingerprint density at radius 3 is 2.80 bits per heavy atom. The number of hydrogen-bond acceptors (Lipinski definition) is 2. The fourth-order valence-electron chi connectivity index (χ4n) is 1.83. The van der Waals surface area contributed by atoms with E-state index >= 15 is 0 Å². The zero-order valence-electron chi connectivity index (χ0n) is 9.70. The number of nitrogens with zero attached hydrogens (tertiary/aromatic N) is 2. The highest BCUT2D eigenvalue weighted by atomic mass is 16.2. The second-order valence-corrected chi connectivity index (χ2v) is 4.42. The van der Waals surface area contributed by atoms with E-state index in [0.29, 0.717) is 6.42 Å². The molecule has 3 nitrogen and oxygen atoms in total. The molecule has 0 aromatic carbocycles. The lowest BCUT2D eigenvalue weighted by atomic mass is 10.1. The molecule has 1 unspecified atom stereocenters. The molecule has 0 radical (unpaired) electrons. The Morgan fingerprint density at radius 1 is 1.53 bits per heavy atom. The molecule has 1 rings (SSSR count). The first-order chi connectivity index (χ1) is 7.13. The second kappa shape index (κ2) is 5.77. The molecule has 0 N–H and O–H groups in total. The molecular weight excluding hydrogens is 188 g/mol. The summed E-state index contributed by atoms with van der Waals surface area (Å²) in [7, 11) is 4.13. The van der Waals surface area contributed by atoms with Crippen LogP contribution in [0.1, 0.15) is 19.3 Å². The number of hydrogen-bond donors (Lipinski definition) is 0. The molecule has 1 amide bonds. The molecule has 0 bridgehead atoms. The standard InChI is InChI=1S/C12H20N2O/c1-4-11-9-12(15)14(10-11)8-6-5-7-13(2)3/h1,11H,5-10H2,2-3H3. The van der Waals surface area contributed by atoms with Crippen molar-refractivity contribution in [3.05, 3.63) is 0 Å². The molecule has 1 heterocycles. The summed E-state index contributed by atoms with van der Waals surface area (Å²) in [4.78, 5) is 15.6. The molecule has 1 fully saturated rings. The van der Waals surface area contributed by atoms with E-state index in [1.54, 1.807) is 0 Å². The molecule has 84 valence electrons. The van der Waals surface area contributed by atoms with Crippen molar-refractivity contribution in [3.63, 3.8) is 0 Å². The van der Waals surface area contributed by atoms with Gasteiger partial charge in [-0.15, -0.1) is 12.3 Å². The van der Waals surface area contributed by atoms with Gasteiger partial charge < -0.3 is 9.80 Å². The van der Waals surface area contributed by atoms with E-state index in [1.165, 1.54) is 0 Å². The summed E-state index contributed by atoms with van der Waals surface area (Å²) >= 11 is 0. The van der Waals surface area contributed by atoms with Gasteiger partial charge in [0.05, 0.1) is 0 Å². The van der Waals surface area contributed by atoms with Gasteiger partial charge in [-0.1, -0.05) is 0 Å². The van der Waals surface area contributed by atoms with Crippen molar-refractivity contribution in [3.8, 4) is 12.3 Å². The van der Waals surface area contributed by atoms with Crippen LogP contribution in [0.4, 0.5) is 0 Å². The highest BCUT2D eigenvalue weighted by Gasteiger charge is 2.27. The Morgan fingerprint density at radius 2 is 2.27 bits per heavy atom. The van der Waals surface area contributed by atoms with Gasteiger partial charge in [0, 0.05) is 25.4 Å². The van der Waals surface area contributed by atoms with E-state index in [2.05, 4.69) is 24.9 Å². The summed E-state index contributed by atoms with van der Waals surface area (Å²) < 4.78 is 0. The van der Waals surface area contributed by atoms with Crippen molar-refractivity contribution in [1.29, 1.82) is 0 Å². The zero-order valence-corrected chi connectivity index (χ0v) is 9.70. The average Bonchev–Trinajstić information content (AvgIpc) is 2.54. The topological polar surface area (TPSA) is 23.6 Å². The lowest BCUT2D eigenvalue weighted by molar-refractivity contribution is -0.127. The first kappa shape index (κ1) is 12.1. The molecule has 1 atom stereocenters. The number of unbranched alkanes of at least 4 members (excludes halogenated alkanes) is 1. The number of likely N-dealkylation sites (tertiary alicyclic amines) is 1. The summed E-state index contributed by atoms with van der Waals surface area (Å²) in [5.74, 6) is 3.03. The quantitative estimate of drug-likeness (QED) is 0.493. The number of carbonyl (C=O) groups excluding carboxylic acids is 1. The van der Waals surface area contributed by atoms with Crippen LogP contribution in [0, 0.1) is 18.3 Å². The Kier molecular flexibility index (Phi) is 4.64. The van der Waals surface area contributed by atoms with E-state index in [-0.39, 0.29) is 11.8 Å². The molecule has 0 saturated carbocycles. The predicted octanol–water partition coefficient (Wildman–Crippen LogP) is 0.810. The summed E-state index contributed by atoms with van der Waals surface area (Å²) in [5, 5.41) is 0. The molecule has 0 aliphatic carbocycles. The zero-order chi connectivity index (χ0) is 11.3. The lowest BCUT2D eigenvalue weighted by Gasteiger charge is -2.16. The fourth-order valence-corrected chi connectivity index (χ4v) is 1.83. The maximum Gasteiger partial charge on any atom is 0.223 e. The Bertz CT molecular complexity index is 255. The van der Waals surface area contributed by atoms with Crippen LogP contribution < -0.4 is 0 Å². The minimum absolute atomic E-state index is 0.145. The summed E-state index contributed by atoms with van der Waals surface area (Å²) in [6, 6.07) is 0. The molecular formula is C12H20N2O. The molecule has 1 aliphatic rings. The van der Waals surface area contributed by atoms with Gasteiger partial charge >= 0.3 is 0 Å². The van der Waals surface area contributed by atoms with Gasteiger partial charge in [0.1, 0.15) is 0 Å². The van der Waals surface area contributed by atoms with E-state index in [4.69, 9.17) is 6.42 Å². The molecule has 1 aliphatic heterocycles. The maximum atomic E-state index is 11.5. The van der Waals surface area contributed by atoms with Crippen molar-refractivity contribution in [2.24, 2.45) is 5.92 Å². The van der Waals surface area contributed by atoms with Crippen LogP contribution in [-0.2, 0) is 4.79 Å². The normalized spacial score (nSPS) is 21.1. The number of amides is 1. The molecule has 0 aromatic heterocycles. The van der Waals surface area contributed by atoms with Crippen LogP contribution >= 0.6 is 0 Å². The van der Waals surface area contributed by atoms with Crippen molar-refractivity contribution in [2.45, 2.75) is 19.3 Å². The third-order valence-corrected chi connectivity index (χ3v) is 2.73. The van der Waals surface area contributed by atoms with Crippen molar-refractivity contribution in [1.82, 2.24) is 9.80 Å². The van der Waals surface area contributed by atoms with Crippen molar-refractivity contribution >= 4 is 5.91 Å². The summed E-state index contributed by atoms with van der Waals surface area (Å²) in [6.07, 6.45) is 8.07. The Labute approximate surface area is 92.4 Å². The minimum Gasteiger partial charge on any atom is -0.341 e. The van der Waals surface area contributed by atoms with Gasteiger partial charge in [-0.05, 0) is 33.5 Å². The average molecular weight is 208 g/mol. The van der Waals surface area contributed by atoms with Gasteiger partial charge in [0.15, 0.2) is 0 Å².